The molecule has 0 aliphatic heterocycles. The second-order valence-electron chi connectivity index (χ2n) is 6.24. The van der Waals surface area contributed by atoms with E-state index in [-0.39, 0.29) is 18.2 Å². The summed E-state index contributed by atoms with van der Waals surface area (Å²) >= 11 is 1.42. The Morgan fingerprint density at radius 1 is 1.04 bits per heavy atom. The van der Waals surface area contributed by atoms with Crippen LogP contribution in [0.15, 0.2) is 42.5 Å². The van der Waals surface area contributed by atoms with Gasteiger partial charge in [-0.15, -0.1) is 11.3 Å². The van der Waals surface area contributed by atoms with Crippen molar-refractivity contribution >= 4 is 33.3 Å². The fraction of sp³-hybridized carbons (Fsp3) is 0.250. The number of halogens is 3. The van der Waals surface area contributed by atoms with Crippen LogP contribution >= 0.6 is 11.3 Å². The fourth-order valence-electron chi connectivity index (χ4n) is 2.68. The number of alkyl halides is 3. The molecule has 2 N–H and O–H groups in total. The van der Waals surface area contributed by atoms with E-state index < -0.39 is 11.7 Å². The molecule has 2 aromatic carbocycles. The topological polar surface area (TPSA) is 69.8 Å². The van der Waals surface area contributed by atoms with E-state index in [0.717, 1.165) is 28.8 Å². The molecule has 0 saturated heterocycles. The molecule has 0 spiro atoms. The third-order valence-corrected chi connectivity index (χ3v) is 5.05. The quantitative estimate of drug-likeness (QED) is 0.386. The molecule has 3 aromatic rings. The molecule has 8 heteroatoms. The molecule has 4 nitrogen and oxygen atoms in total. The average molecular weight is 405 g/mol. The van der Waals surface area contributed by atoms with E-state index in [1.807, 2.05) is 25.1 Å². The molecular formula is C20H18F3N3OS. The lowest BCUT2D eigenvalue weighted by molar-refractivity contribution is -0.137. The molecule has 0 unspecified atom stereocenters. The third kappa shape index (κ3) is 4.75. The number of benzene rings is 2. The Balaban J connectivity index is 1.77. The van der Waals surface area contributed by atoms with Crippen molar-refractivity contribution < 1.29 is 17.9 Å². The molecule has 1 aromatic heterocycles. The molecule has 0 amide bonds. The van der Waals surface area contributed by atoms with E-state index in [1.54, 1.807) is 0 Å². The minimum Gasteiger partial charge on any atom is -0.429 e. The van der Waals surface area contributed by atoms with Crippen molar-refractivity contribution in [1.82, 2.24) is 4.98 Å². The van der Waals surface area contributed by atoms with Gasteiger partial charge in [-0.3, -0.25) is 10.8 Å². The van der Waals surface area contributed by atoms with Crippen molar-refractivity contribution in [1.29, 1.82) is 10.8 Å². The summed E-state index contributed by atoms with van der Waals surface area (Å²) in [5, 5.41) is 16.2. The van der Waals surface area contributed by atoms with Crippen molar-refractivity contribution in [3.63, 3.8) is 0 Å². The summed E-state index contributed by atoms with van der Waals surface area (Å²) < 4.78 is 44.2. The Kier molecular flexibility index (Phi) is 5.79. The summed E-state index contributed by atoms with van der Waals surface area (Å²) in [6.07, 6.45) is -2.90. The summed E-state index contributed by atoms with van der Waals surface area (Å²) in [7, 11) is 0. The zero-order valence-corrected chi connectivity index (χ0v) is 15.9. The minimum absolute atomic E-state index is 0.0273. The van der Waals surface area contributed by atoms with E-state index in [1.165, 1.54) is 23.5 Å². The predicted molar refractivity (Wildman–Crippen MR) is 105 cm³/mol. The van der Waals surface area contributed by atoms with Crippen LogP contribution in [0.3, 0.4) is 0 Å². The van der Waals surface area contributed by atoms with Crippen LogP contribution in [0, 0.1) is 10.8 Å². The highest BCUT2D eigenvalue weighted by atomic mass is 32.1. The van der Waals surface area contributed by atoms with Gasteiger partial charge in [0.05, 0.1) is 22.2 Å². The van der Waals surface area contributed by atoms with Gasteiger partial charge in [-0.25, -0.2) is 4.98 Å². The first-order valence-electron chi connectivity index (χ1n) is 8.66. The van der Waals surface area contributed by atoms with E-state index in [0.29, 0.717) is 22.5 Å². The monoisotopic (exact) mass is 405 g/mol. The Morgan fingerprint density at radius 2 is 1.71 bits per heavy atom. The first-order valence-corrected chi connectivity index (χ1v) is 9.47. The molecule has 0 aliphatic rings. The summed E-state index contributed by atoms with van der Waals surface area (Å²) in [4.78, 5) is 4.50. The fourth-order valence-corrected chi connectivity index (χ4v) is 3.63. The molecule has 0 bridgehead atoms. The Labute approximate surface area is 164 Å². The number of nitrogens with zero attached hydrogens (tertiary/aromatic N) is 1. The van der Waals surface area contributed by atoms with E-state index in [2.05, 4.69) is 4.98 Å². The maximum absolute atomic E-state index is 12.7. The maximum atomic E-state index is 12.7. The van der Waals surface area contributed by atoms with Gasteiger partial charge >= 0.3 is 6.18 Å². The van der Waals surface area contributed by atoms with Crippen molar-refractivity contribution in [3.05, 3.63) is 53.0 Å². The number of rotatable bonds is 5. The molecule has 0 atom stereocenters. The number of hydrogen-bond donors (Lipinski definition) is 2. The lowest BCUT2D eigenvalue weighted by Gasteiger charge is -2.07. The minimum atomic E-state index is -4.35. The van der Waals surface area contributed by atoms with E-state index in [4.69, 9.17) is 15.6 Å². The molecular weight excluding hydrogens is 387 g/mol. The van der Waals surface area contributed by atoms with Gasteiger partial charge in [0.2, 0.25) is 0 Å². The van der Waals surface area contributed by atoms with Crippen LogP contribution in [0.1, 0.15) is 30.3 Å². The summed E-state index contributed by atoms with van der Waals surface area (Å²) in [5.41, 5.74) is 1.48. The van der Waals surface area contributed by atoms with Gasteiger partial charge in [0.1, 0.15) is 5.01 Å². The summed E-state index contributed by atoms with van der Waals surface area (Å²) in [5.74, 6) is 0.0404. The molecule has 1 heterocycles. The van der Waals surface area contributed by atoms with Crippen LogP contribution in [0.4, 0.5) is 13.2 Å². The smallest absolute Gasteiger partial charge is 0.416 e. The van der Waals surface area contributed by atoms with Gasteiger partial charge in [0.25, 0.3) is 0 Å². The van der Waals surface area contributed by atoms with Gasteiger partial charge in [0.15, 0.2) is 11.8 Å². The number of nitrogens with one attached hydrogen (secondary N) is 2. The van der Waals surface area contributed by atoms with Gasteiger partial charge in [-0.1, -0.05) is 25.1 Å². The predicted octanol–water partition coefficient (Wildman–Crippen LogP) is 6.30. The Bertz CT molecular complexity index is 1010. The molecule has 28 heavy (non-hydrogen) atoms. The largest absolute Gasteiger partial charge is 0.429 e. The lowest BCUT2D eigenvalue weighted by Crippen LogP contribution is -2.12. The van der Waals surface area contributed by atoms with E-state index >= 15 is 0 Å². The van der Waals surface area contributed by atoms with Crippen LogP contribution in [0.5, 0.6) is 0 Å². The zero-order chi connectivity index (χ0) is 20.3. The number of hydrogen-bond acceptors (Lipinski definition) is 5. The van der Waals surface area contributed by atoms with Gasteiger partial charge in [0, 0.05) is 6.42 Å². The summed E-state index contributed by atoms with van der Waals surface area (Å²) in [6.45, 7) is 1.93. The van der Waals surface area contributed by atoms with Crippen LogP contribution in [0.25, 0.3) is 21.3 Å². The van der Waals surface area contributed by atoms with Crippen molar-refractivity contribution in [2.75, 3.05) is 0 Å². The van der Waals surface area contributed by atoms with Crippen LogP contribution in [-0.2, 0) is 17.3 Å². The van der Waals surface area contributed by atoms with Crippen molar-refractivity contribution in [3.8, 4) is 11.1 Å². The lowest BCUT2D eigenvalue weighted by atomic mass is 10.0. The van der Waals surface area contributed by atoms with Crippen molar-refractivity contribution in [2.45, 2.75) is 32.4 Å². The number of ether oxygens (including phenoxy) is 1. The first-order chi connectivity index (χ1) is 13.3. The highest BCUT2D eigenvalue weighted by Crippen LogP contribution is 2.32. The SMILES string of the molecule is CCCC(=N)OC(=N)Cc1nc2cc(-c3ccc(C(F)(F)F)cc3)ccc2s1. The number of fused-ring (bicyclic) bond motifs is 1. The second-order valence-corrected chi connectivity index (χ2v) is 7.36. The van der Waals surface area contributed by atoms with Crippen LogP contribution < -0.4 is 0 Å². The second kappa shape index (κ2) is 8.10. The molecule has 0 fully saturated rings. The molecule has 146 valence electrons. The Hall–Kier alpha value is -2.74. The standard InChI is InChI=1S/C20H18F3N3OS/c1-2-3-17(24)27-18(25)11-19-26-15-10-13(6-9-16(15)28-19)12-4-7-14(8-5-12)20(21,22)23/h4-10,24-25H,2-3,11H2,1H3. The van der Waals surface area contributed by atoms with E-state index in [9.17, 15) is 13.2 Å². The zero-order valence-electron chi connectivity index (χ0n) is 15.1. The molecule has 0 saturated carbocycles. The van der Waals surface area contributed by atoms with Crippen molar-refractivity contribution in [2.24, 2.45) is 0 Å². The van der Waals surface area contributed by atoms with Crippen LogP contribution in [-0.4, -0.2) is 16.8 Å². The normalized spacial score (nSPS) is 11.6. The Morgan fingerprint density at radius 3 is 2.36 bits per heavy atom. The third-order valence-electron chi connectivity index (χ3n) is 4.01. The molecule has 0 radical (unpaired) electrons. The highest BCUT2D eigenvalue weighted by Gasteiger charge is 2.29. The molecule has 3 rings (SSSR count). The van der Waals surface area contributed by atoms with Gasteiger partial charge in [-0.05, 0) is 41.8 Å². The van der Waals surface area contributed by atoms with Crippen LogP contribution in [0.2, 0.25) is 0 Å². The highest BCUT2D eigenvalue weighted by molar-refractivity contribution is 7.18. The maximum Gasteiger partial charge on any atom is 0.416 e. The van der Waals surface area contributed by atoms with Gasteiger partial charge in [-0.2, -0.15) is 13.2 Å². The number of thiazole rings is 1. The van der Waals surface area contributed by atoms with Gasteiger partial charge < -0.3 is 4.74 Å². The first kappa shape index (κ1) is 20.0. The molecule has 0 aliphatic carbocycles. The number of aromatic nitrogens is 1. The summed E-state index contributed by atoms with van der Waals surface area (Å²) in [6, 6.07) is 10.5. The average Bonchev–Trinajstić information content (AvgIpc) is 3.02.